The van der Waals surface area contributed by atoms with Crippen LogP contribution in [-0.4, -0.2) is 35.0 Å². The first-order valence-corrected chi connectivity index (χ1v) is 7.36. The Bertz CT molecular complexity index is 626. The van der Waals surface area contributed by atoms with Gasteiger partial charge in [0.1, 0.15) is 5.69 Å². The van der Waals surface area contributed by atoms with Crippen LogP contribution in [-0.2, 0) is 7.05 Å². The van der Waals surface area contributed by atoms with E-state index in [1.165, 1.54) is 5.56 Å². The number of aryl methyl sites for hydroxylation is 1. The van der Waals surface area contributed by atoms with E-state index in [2.05, 4.69) is 12.1 Å². The van der Waals surface area contributed by atoms with Crippen molar-refractivity contribution in [2.75, 3.05) is 19.6 Å². The molecule has 2 aromatic rings. The van der Waals surface area contributed by atoms with Gasteiger partial charge in [-0.2, -0.15) is 0 Å². The molecule has 2 N–H and O–H groups in total. The van der Waals surface area contributed by atoms with Crippen LogP contribution in [0.4, 0.5) is 0 Å². The van der Waals surface area contributed by atoms with E-state index in [1.54, 1.807) is 0 Å². The van der Waals surface area contributed by atoms with Crippen molar-refractivity contribution in [1.82, 2.24) is 9.47 Å². The molecule has 0 unspecified atom stereocenters. The van der Waals surface area contributed by atoms with Crippen molar-refractivity contribution in [3.05, 3.63) is 59.9 Å². The van der Waals surface area contributed by atoms with Crippen LogP contribution in [0, 0.1) is 5.92 Å². The van der Waals surface area contributed by atoms with Gasteiger partial charge in [-0.1, -0.05) is 30.3 Å². The lowest BCUT2D eigenvalue weighted by Crippen LogP contribution is -2.31. The number of carbonyl (C=O) groups is 1. The lowest BCUT2D eigenvalue weighted by molar-refractivity contribution is 0.0777. The summed E-state index contributed by atoms with van der Waals surface area (Å²) in [5.41, 5.74) is 7.94. The van der Waals surface area contributed by atoms with Gasteiger partial charge in [-0.15, -0.1) is 12.4 Å². The number of rotatable bonds is 3. The second-order valence-electron chi connectivity index (χ2n) is 5.73. The van der Waals surface area contributed by atoms with Crippen LogP contribution in [0.15, 0.2) is 48.7 Å². The van der Waals surface area contributed by atoms with E-state index in [4.69, 9.17) is 5.73 Å². The summed E-state index contributed by atoms with van der Waals surface area (Å²) in [5, 5.41) is 0. The third-order valence-electron chi connectivity index (χ3n) is 4.42. The number of amides is 1. The van der Waals surface area contributed by atoms with Crippen LogP contribution in [0.5, 0.6) is 0 Å². The quantitative estimate of drug-likeness (QED) is 0.943. The molecule has 1 aromatic heterocycles. The Morgan fingerprint density at radius 2 is 1.91 bits per heavy atom. The van der Waals surface area contributed by atoms with E-state index in [9.17, 15) is 4.79 Å². The zero-order chi connectivity index (χ0) is 14.8. The van der Waals surface area contributed by atoms with Crippen molar-refractivity contribution < 1.29 is 4.79 Å². The molecular weight excluding hydrogens is 298 g/mol. The molecule has 0 bridgehead atoms. The number of likely N-dealkylation sites (tertiary alicyclic amines) is 1. The van der Waals surface area contributed by atoms with Crippen LogP contribution < -0.4 is 5.73 Å². The second-order valence-corrected chi connectivity index (χ2v) is 5.73. The van der Waals surface area contributed by atoms with E-state index in [1.807, 2.05) is 53.0 Å². The molecule has 1 amide bonds. The summed E-state index contributed by atoms with van der Waals surface area (Å²) in [6.45, 7) is 2.09. The summed E-state index contributed by atoms with van der Waals surface area (Å²) in [6, 6.07) is 14.1. The number of nitrogens with two attached hydrogens (primary N) is 1. The SMILES string of the molecule is Cl.Cn1cccc1C(=O)N1C[C@@H](CN)[C@H](c2ccccc2)C1. The Morgan fingerprint density at radius 3 is 2.50 bits per heavy atom. The predicted molar refractivity (Wildman–Crippen MR) is 90.3 cm³/mol. The van der Waals surface area contributed by atoms with Crippen LogP contribution in [0.25, 0.3) is 0 Å². The number of hydrogen-bond acceptors (Lipinski definition) is 2. The molecule has 2 atom stereocenters. The van der Waals surface area contributed by atoms with E-state index in [-0.39, 0.29) is 18.3 Å². The number of nitrogens with zero attached hydrogens (tertiary/aromatic N) is 2. The fraction of sp³-hybridized carbons (Fsp3) is 0.353. The predicted octanol–water partition coefficient (Wildman–Crippen LogP) is 2.26. The smallest absolute Gasteiger partial charge is 0.270 e. The van der Waals surface area contributed by atoms with Gasteiger partial charge in [0.2, 0.25) is 0 Å². The van der Waals surface area contributed by atoms with Crippen molar-refractivity contribution in [3.63, 3.8) is 0 Å². The van der Waals surface area contributed by atoms with E-state index in [0.29, 0.717) is 18.4 Å². The van der Waals surface area contributed by atoms with Crippen molar-refractivity contribution in [3.8, 4) is 0 Å². The highest BCUT2D eigenvalue weighted by molar-refractivity contribution is 5.93. The monoisotopic (exact) mass is 319 g/mol. The van der Waals surface area contributed by atoms with Gasteiger partial charge in [0.25, 0.3) is 5.91 Å². The van der Waals surface area contributed by atoms with Gasteiger partial charge in [-0.05, 0) is 30.2 Å². The number of halogens is 1. The number of benzene rings is 1. The van der Waals surface area contributed by atoms with E-state index in [0.717, 1.165) is 18.8 Å². The molecule has 22 heavy (non-hydrogen) atoms. The van der Waals surface area contributed by atoms with Gasteiger partial charge in [-0.25, -0.2) is 0 Å². The van der Waals surface area contributed by atoms with Crippen LogP contribution in [0.2, 0.25) is 0 Å². The molecule has 2 heterocycles. The van der Waals surface area contributed by atoms with Crippen molar-refractivity contribution >= 4 is 18.3 Å². The minimum absolute atomic E-state index is 0. The summed E-state index contributed by atoms with van der Waals surface area (Å²) in [7, 11) is 1.90. The molecule has 1 aromatic carbocycles. The first kappa shape index (κ1) is 16.6. The third kappa shape index (κ3) is 3.03. The highest BCUT2D eigenvalue weighted by Gasteiger charge is 2.35. The highest BCUT2D eigenvalue weighted by Crippen LogP contribution is 2.32. The Hall–Kier alpha value is -1.78. The van der Waals surface area contributed by atoms with Gasteiger partial charge in [0, 0.05) is 32.3 Å². The molecule has 5 heteroatoms. The van der Waals surface area contributed by atoms with E-state index < -0.39 is 0 Å². The largest absolute Gasteiger partial charge is 0.347 e. The molecule has 1 aliphatic rings. The maximum absolute atomic E-state index is 12.6. The standard InChI is InChI=1S/C17H21N3O.ClH/c1-19-9-5-8-16(19)17(21)20-11-14(10-18)15(12-20)13-6-3-2-4-7-13;/h2-9,14-15H,10-12,18H2,1H3;1H/t14-,15+;/m1./s1. The first-order chi connectivity index (χ1) is 10.2. The second kappa shape index (κ2) is 6.99. The first-order valence-electron chi connectivity index (χ1n) is 7.36. The maximum Gasteiger partial charge on any atom is 0.270 e. The Labute approximate surface area is 137 Å². The van der Waals surface area contributed by atoms with Gasteiger partial charge in [0.05, 0.1) is 0 Å². The van der Waals surface area contributed by atoms with Crippen molar-refractivity contribution in [2.45, 2.75) is 5.92 Å². The third-order valence-corrected chi connectivity index (χ3v) is 4.42. The van der Waals surface area contributed by atoms with Gasteiger partial charge in [-0.3, -0.25) is 4.79 Å². The lowest BCUT2D eigenvalue weighted by Gasteiger charge is -2.17. The van der Waals surface area contributed by atoms with Gasteiger partial charge in [0.15, 0.2) is 0 Å². The van der Waals surface area contributed by atoms with E-state index >= 15 is 0 Å². The zero-order valence-electron chi connectivity index (χ0n) is 12.7. The summed E-state index contributed by atoms with van der Waals surface area (Å²) in [6.07, 6.45) is 1.90. The van der Waals surface area contributed by atoms with Gasteiger partial charge < -0.3 is 15.2 Å². The lowest BCUT2D eigenvalue weighted by atomic mass is 9.89. The molecule has 0 radical (unpaired) electrons. The molecule has 118 valence electrons. The van der Waals surface area contributed by atoms with Crippen molar-refractivity contribution in [2.24, 2.45) is 18.7 Å². The Balaban J connectivity index is 0.00000176. The summed E-state index contributed by atoms with van der Waals surface area (Å²) >= 11 is 0. The average molecular weight is 320 g/mol. The fourth-order valence-electron chi connectivity index (χ4n) is 3.20. The number of aromatic nitrogens is 1. The number of carbonyl (C=O) groups excluding carboxylic acids is 1. The molecule has 1 aliphatic heterocycles. The van der Waals surface area contributed by atoms with Crippen LogP contribution in [0.3, 0.4) is 0 Å². The molecule has 0 saturated carbocycles. The topological polar surface area (TPSA) is 51.3 Å². The minimum Gasteiger partial charge on any atom is -0.347 e. The molecule has 1 fully saturated rings. The molecule has 0 spiro atoms. The molecular formula is C17H22ClN3O. The average Bonchev–Trinajstić information content (AvgIpc) is 3.13. The molecule has 4 nitrogen and oxygen atoms in total. The van der Waals surface area contributed by atoms with Crippen LogP contribution in [0.1, 0.15) is 22.0 Å². The Kier molecular flexibility index (Phi) is 5.27. The zero-order valence-corrected chi connectivity index (χ0v) is 13.5. The van der Waals surface area contributed by atoms with Crippen LogP contribution >= 0.6 is 12.4 Å². The van der Waals surface area contributed by atoms with Gasteiger partial charge >= 0.3 is 0 Å². The highest BCUT2D eigenvalue weighted by atomic mass is 35.5. The Morgan fingerprint density at radius 1 is 1.18 bits per heavy atom. The van der Waals surface area contributed by atoms with Crippen molar-refractivity contribution in [1.29, 1.82) is 0 Å². The summed E-state index contributed by atoms with van der Waals surface area (Å²) < 4.78 is 1.87. The summed E-state index contributed by atoms with van der Waals surface area (Å²) in [5.74, 6) is 0.761. The minimum atomic E-state index is 0. The molecule has 3 rings (SSSR count). The molecule has 1 saturated heterocycles. The molecule has 0 aliphatic carbocycles. The maximum atomic E-state index is 12.6. The fourth-order valence-corrected chi connectivity index (χ4v) is 3.20. The number of hydrogen-bond donors (Lipinski definition) is 1. The normalized spacial score (nSPS) is 20.7. The summed E-state index contributed by atoms with van der Waals surface area (Å²) in [4.78, 5) is 14.6.